The normalized spacial score (nSPS) is 11.8. The van der Waals surface area contributed by atoms with Gasteiger partial charge >= 0.3 is 5.97 Å². The van der Waals surface area contributed by atoms with Crippen LogP contribution in [0.4, 0.5) is 0 Å². The average molecular weight is 276 g/mol. The molecule has 5 nitrogen and oxygen atoms in total. The van der Waals surface area contributed by atoms with Gasteiger partial charge in [0.25, 0.3) is 0 Å². The van der Waals surface area contributed by atoms with Crippen LogP contribution in [0.25, 0.3) is 0 Å². The Morgan fingerprint density at radius 2 is 2.16 bits per heavy atom. The zero-order valence-electron chi connectivity index (χ0n) is 9.95. The van der Waals surface area contributed by atoms with Crippen LogP contribution in [0.3, 0.4) is 0 Å². The molecule has 1 amide bonds. The van der Waals surface area contributed by atoms with Crippen LogP contribution in [0.2, 0.25) is 0 Å². The molecule has 0 saturated heterocycles. The first-order valence-electron chi connectivity index (χ1n) is 5.62. The Morgan fingerprint density at radius 3 is 2.74 bits per heavy atom. The van der Waals surface area contributed by atoms with Crippen molar-refractivity contribution < 1.29 is 14.7 Å². The fraction of sp³-hybridized carbons (Fsp3) is 0.154. The molecule has 1 unspecified atom stereocenters. The van der Waals surface area contributed by atoms with Crippen LogP contribution in [0, 0.1) is 0 Å². The summed E-state index contributed by atoms with van der Waals surface area (Å²) in [6, 6.07) is 7.69. The number of aromatic nitrogens is 1. The summed E-state index contributed by atoms with van der Waals surface area (Å²) in [7, 11) is 0. The molecule has 2 aromatic heterocycles. The molecular weight excluding hydrogens is 264 g/mol. The number of nitrogens with one attached hydrogen (secondary N) is 1. The lowest BCUT2D eigenvalue weighted by molar-refractivity contribution is -0.141. The van der Waals surface area contributed by atoms with E-state index in [9.17, 15) is 9.59 Å². The number of amides is 1. The number of thiophene rings is 1. The number of aliphatic carboxylic acids is 1. The number of pyridine rings is 1. The zero-order chi connectivity index (χ0) is 13.7. The summed E-state index contributed by atoms with van der Waals surface area (Å²) in [4.78, 5) is 27.6. The van der Waals surface area contributed by atoms with Gasteiger partial charge in [0.05, 0.1) is 6.42 Å². The van der Waals surface area contributed by atoms with Gasteiger partial charge in [-0.3, -0.25) is 9.78 Å². The van der Waals surface area contributed by atoms with Gasteiger partial charge in [0.15, 0.2) is 6.04 Å². The number of carboxylic acids is 1. The van der Waals surface area contributed by atoms with E-state index >= 15 is 0 Å². The van der Waals surface area contributed by atoms with Gasteiger partial charge in [0.2, 0.25) is 5.91 Å². The van der Waals surface area contributed by atoms with Crippen molar-refractivity contribution >= 4 is 23.2 Å². The summed E-state index contributed by atoms with van der Waals surface area (Å²) >= 11 is 1.30. The number of rotatable bonds is 5. The summed E-state index contributed by atoms with van der Waals surface area (Å²) in [6.45, 7) is 0. The van der Waals surface area contributed by atoms with Crippen LogP contribution >= 0.6 is 11.3 Å². The van der Waals surface area contributed by atoms with E-state index in [1.165, 1.54) is 11.3 Å². The number of nitrogens with zero attached hydrogens (tertiary/aromatic N) is 1. The first-order chi connectivity index (χ1) is 9.16. The highest BCUT2D eigenvalue weighted by atomic mass is 32.1. The molecule has 19 heavy (non-hydrogen) atoms. The third-order valence-electron chi connectivity index (χ3n) is 2.45. The molecule has 0 fully saturated rings. The molecule has 1 atom stereocenters. The van der Waals surface area contributed by atoms with Crippen molar-refractivity contribution in [2.24, 2.45) is 0 Å². The molecule has 6 heteroatoms. The number of carbonyl (C=O) groups excluding carboxylic acids is 1. The molecule has 0 radical (unpaired) electrons. The maximum atomic E-state index is 11.8. The molecule has 0 aromatic carbocycles. The second-order valence-corrected chi connectivity index (χ2v) is 4.83. The minimum atomic E-state index is -1.07. The van der Waals surface area contributed by atoms with E-state index in [0.717, 1.165) is 0 Å². The largest absolute Gasteiger partial charge is 0.479 e. The molecule has 0 saturated carbocycles. The molecule has 0 aliphatic rings. The minimum absolute atomic E-state index is 0.0655. The Hall–Kier alpha value is -2.21. The Morgan fingerprint density at radius 1 is 1.32 bits per heavy atom. The molecule has 2 aromatic rings. The Kier molecular flexibility index (Phi) is 4.25. The van der Waals surface area contributed by atoms with E-state index in [0.29, 0.717) is 10.6 Å². The van der Waals surface area contributed by atoms with Crippen molar-refractivity contribution in [1.82, 2.24) is 10.3 Å². The van der Waals surface area contributed by atoms with Crippen LogP contribution < -0.4 is 5.32 Å². The van der Waals surface area contributed by atoms with Gasteiger partial charge in [0.1, 0.15) is 0 Å². The third kappa shape index (κ3) is 3.62. The first kappa shape index (κ1) is 13.2. The van der Waals surface area contributed by atoms with Crippen LogP contribution in [0.15, 0.2) is 41.9 Å². The molecule has 0 bridgehead atoms. The van der Waals surface area contributed by atoms with Crippen molar-refractivity contribution in [3.05, 3.63) is 52.5 Å². The lowest BCUT2D eigenvalue weighted by Gasteiger charge is -2.12. The second kappa shape index (κ2) is 6.10. The van der Waals surface area contributed by atoms with Crippen molar-refractivity contribution in [3.8, 4) is 0 Å². The van der Waals surface area contributed by atoms with Crippen molar-refractivity contribution in [2.45, 2.75) is 12.5 Å². The maximum absolute atomic E-state index is 11.8. The van der Waals surface area contributed by atoms with E-state index in [4.69, 9.17) is 5.11 Å². The lowest BCUT2D eigenvalue weighted by Crippen LogP contribution is -2.34. The van der Waals surface area contributed by atoms with Crippen LogP contribution in [0.1, 0.15) is 16.6 Å². The monoisotopic (exact) mass is 276 g/mol. The fourth-order valence-electron chi connectivity index (χ4n) is 1.59. The Labute approximate surface area is 113 Å². The zero-order valence-corrected chi connectivity index (χ0v) is 10.8. The predicted molar refractivity (Wildman–Crippen MR) is 70.8 cm³/mol. The number of carbonyl (C=O) groups is 2. The topological polar surface area (TPSA) is 79.3 Å². The van der Waals surface area contributed by atoms with Gasteiger partial charge in [0, 0.05) is 16.8 Å². The molecule has 98 valence electrons. The first-order valence-corrected chi connectivity index (χ1v) is 6.50. The Balaban J connectivity index is 2.02. The van der Waals surface area contributed by atoms with Gasteiger partial charge in [-0.05, 0) is 23.6 Å². The van der Waals surface area contributed by atoms with Gasteiger partial charge in [-0.15, -0.1) is 11.3 Å². The Bertz CT molecular complexity index is 555. The highest BCUT2D eigenvalue weighted by molar-refractivity contribution is 7.10. The van der Waals surface area contributed by atoms with E-state index in [1.54, 1.807) is 41.9 Å². The quantitative estimate of drug-likeness (QED) is 0.870. The van der Waals surface area contributed by atoms with Gasteiger partial charge in [-0.25, -0.2) is 4.79 Å². The number of hydrogen-bond donors (Lipinski definition) is 2. The third-order valence-corrected chi connectivity index (χ3v) is 3.38. The molecule has 2 rings (SSSR count). The van der Waals surface area contributed by atoms with Gasteiger partial charge in [-0.1, -0.05) is 12.1 Å². The molecular formula is C13H12N2O3S. The summed E-state index contributed by atoms with van der Waals surface area (Å²) < 4.78 is 0. The molecule has 2 N–H and O–H groups in total. The van der Waals surface area contributed by atoms with Crippen LogP contribution in [-0.2, 0) is 16.0 Å². The van der Waals surface area contributed by atoms with Crippen LogP contribution in [0.5, 0.6) is 0 Å². The smallest absolute Gasteiger partial charge is 0.331 e. The highest BCUT2D eigenvalue weighted by Crippen LogP contribution is 2.19. The van der Waals surface area contributed by atoms with E-state index in [2.05, 4.69) is 10.3 Å². The number of hydrogen-bond acceptors (Lipinski definition) is 4. The van der Waals surface area contributed by atoms with Gasteiger partial charge < -0.3 is 10.4 Å². The predicted octanol–water partition coefficient (Wildman–Crippen LogP) is 1.63. The van der Waals surface area contributed by atoms with E-state index in [1.807, 2.05) is 0 Å². The lowest BCUT2D eigenvalue weighted by atomic mass is 10.2. The summed E-state index contributed by atoms with van der Waals surface area (Å²) in [6.07, 6.45) is 1.66. The molecule has 0 spiro atoms. The molecule has 0 aliphatic heterocycles. The maximum Gasteiger partial charge on any atom is 0.331 e. The van der Waals surface area contributed by atoms with Crippen molar-refractivity contribution in [3.63, 3.8) is 0 Å². The molecule has 2 heterocycles. The fourth-order valence-corrected chi connectivity index (χ4v) is 2.36. The van der Waals surface area contributed by atoms with Crippen LogP contribution in [-0.4, -0.2) is 22.0 Å². The average Bonchev–Trinajstić information content (AvgIpc) is 2.90. The minimum Gasteiger partial charge on any atom is -0.479 e. The standard InChI is InChI=1S/C13H12N2O3S/c16-11(8-9-4-1-2-6-14-9)15-12(13(17)18)10-5-3-7-19-10/h1-7,12H,8H2,(H,15,16)(H,17,18). The number of carboxylic acid groups (broad SMARTS) is 1. The summed E-state index contributed by atoms with van der Waals surface area (Å²) in [5.41, 5.74) is 0.607. The SMILES string of the molecule is O=C(Cc1ccccn1)NC(C(=O)O)c1cccs1. The summed E-state index contributed by atoms with van der Waals surface area (Å²) in [5, 5.41) is 13.4. The van der Waals surface area contributed by atoms with Crippen molar-refractivity contribution in [2.75, 3.05) is 0 Å². The molecule has 0 aliphatic carbocycles. The van der Waals surface area contributed by atoms with E-state index in [-0.39, 0.29) is 12.3 Å². The van der Waals surface area contributed by atoms with E-state index < -0.39 is 12.0 Å². The van der Waals surface area contributed by atoms with Crippen molar-refractivity contribution in [1.29, 1.82) is 0 Å². The highest BCUT2D eigenvalue weighted by Gasteiger charge is 2.22. The second-order valence-electron chi connectivity index (χ2n) is 3.85. The van der Waals surface area contributed by atoms with Gasteiger partial charge in [-0.2, -0.15) is 0 Å². The summed E-state index contributed by atoms with van der Waals surface area (Å²) in [5.74, 6) is -1.43.